The van der Waals surface area contributed by atoms with Gasteiger partial charge in [0.05, 0.1) is 0 Å². The lowest BCUT2D eigenvalue weighted by Crippen LogP contribution is -1.92. The number of aromatic nitrogens is 1. The Morgan fingerprint density at radius 1 is 1.29 bits per heavy atom. The Morgan fingerprint density at radius 2 is 2.07 bits per heavy atom. The summed E-state index contributed by atoms with van der Waals surface area (Å²) in [6.45, 7) is 0. The number of benzene rings is 1. The number of halogens is 1. The first-order valence-corrected chi connectivity index (χ1v) is 5.38. The van der Waals surface area contributed by atoms with Gasteiger partial charge in [0.2, 0.25) is 0 Å². The van der Waals surface area contributed by atoms with Crippen molar-refractivity contribution in [1.82, 2.24) is 4.57 Å². The van der Waals surface area contributed by atoms with Crippen LogP contribution in [-0.2, 0) is 7.05 Å². The number of hydrogen-bond acceptors (Lipinski definition) is 0. The number of nitrogens with zero attached hydrogens (tertiary/aromatic N) is 1. The summed E-state index contributed by atoms with van der Waals surface area (Å²) in [6, 6.07) is 8.38. The molecule has 14 heavy (non-hydrogen) atoms. The van der Waals surface area contributed by atoms with Crippen LogP contribution in [0.4, 0.5) is 0 Å². The lowest BCUT2D eigenvalue weighted by molar-refractivity contribution is 0.857. The fourth-order valence-corrected chi connectivity index (χ4v) is 2.29. The highest BCUT2D eigenvalue weighted by Gasteiger charge is 2.26. The molecule has 1 fully saturated rings. The Balaban J connectivity index is 2.28. The van der Waals surface area contributed by atoms with Crippen molar-refractivity contribution < 1.29 is 0 Å². The van der Waals surface area contributed by atoms with Gasteiger partial charge in [0.25, 0.3) is 0 Å². The molecular weight excluding hydrogens is 194 g/mol. The van der Waals surface area contributed by atoms with Crippen molar-refractivity contribution in [3.8, 4) is 0 Å². The van der Waals surface area contributed by atoms with Crippen LogP contribution in [0, 0.1) is 0 Å². The maximum atomic E-state index is 5.97. The largest absolute Gasteiger partial charge is 0.347 e. The molecule has 0 bridgehead atoms. The average molecular weight is 206 g/mol. The second-order valence-electron chi connectivity index (χ2n) is 4.11. The van der Waals surface area contributed by atoms with Crippen LogP contribution in [0.25, 0.3) is 10.9 Å². The molecule has 0 saturated heterocycles. The van der Waals surface area contributed by atoms with Gasteiger partial charge in [-0.3, -0.25) is 0 Å². The van der Waals surface area contributed by atoms with Crippen LogP contribution in [0.1, 0.15) is 24.5 Å². The van der Waals surface area contributed by atoms with Crippen molar-refractivity contribution in [2.24, 2.45) is 7.05 Å². The topological polar surface area (TPSA) is 4.93 Å². The van der Waals surface area contributed by atoms with Crippen molar-refractivity contribution in [3.63, 3.8) is 0 Å². The molecule has 2 heteroatoms. The maximum Gasteiger partial charge on any atom is 0.0481 e. The molecule has 0 radical (unpaired) electrons. The molecule has 1 aliphatic carbocycles. The summed E-state index contributed by atoms with van der Waals surface area (Å²) in [4.78, 5) is 0. The van der Waals surface area contributed by atoms with Gasteiger partial charge in [0.15, 0.2) is 0 Å². The van der Waals surface area contributed by atoms with Crippen molar-refractivity contribution in [3.05, 3.63) is 35.0 Å². The zero-order chi connectivity index (χ0) is 9.71. The van der Waals surface area contributed by atoms with Gasteiger partial charge in [-0.25, -0.2) is 0 Å². The van der Waals surface area contributed by atoms with Crippen LogP contribution < -0.4 is 0 Å². The van der Waals surface area contributed by atoms with Crippen LogP contribution >= 0.6 is 11.6 Å². The molecule has 0 unspecified atom stereocenters. The second kappa shape index (κ2) is 2.77. The van der Waals surface area contributed by atoms with Gasteiger partial charge in [0.1, 0.15) is 0 Å². The molecule has 0 N–H and O–H groups in total. The monoisotopic (exact) mass is 205 g/mol. The fourth-order valence-electron chi connectivity index (χ4n) is 2.11. The zero-order valence-corrected chi connectivity index (χ0v) is 8.88. The molecule has 72 valence electrons. The molecule has 0 aliphatic heterocycles. The molecule has 0 atom stereocenters. The average Bonchev–Trinajstić information content (AvgIpc) is 2.93. The first-order valence-electron chi connectivity index (χ1n) is 5.00. The minimum atomic E-state index is 0.797. The van der Waals surface area contributed by atoms with E-state index < -0.39 is 0 Å². The molecule has 1 aromatic carbocycles. The van der Waals surface area contributed by atoms with Crippen LogP contribution in [-0.4, -0.2) is 4.57 Å². The Bertz CT molecular complexity index is 494. The van der Waals surface area contributed by atoms with Crippen molar-refractivity contribution >= 4 is 22.5 Å². The van der Waals surface area contributed by atoms with Gasteiger partial charge < -0.3 is 4.57 Å². The van der Waals surface area contributed by atoms with Gasteiger partial charge in [-0.2, -0.15) is 0 Å². The Kier molecular flexibility index (Phi) is 1.65. The molecule has 0 amide bonds. The van der Waals surface area contributed by atoms with E-state index in [1.807, 2.05) is 12.1 Å². The maximum absolute atomic E-state index is 5.97. The third-order valence-electron chi connectivity index (χ3n) is 3.04. The van der Waals surface area contributed by atoms with E-state index >= 15 is 0 Å². The van der Waals surface area contributed by atoms with E-state index in [9.17, 15) is 0 Å². The van der Waals surface area contributed by atoms with E-state index in [1.54, 1.807) is 0 Å². The van der Waals surface area contributed by atoms with Gasteiger partial charge in [0, 0.05) is 28.7 Å². The fraction of sp³-hybridized carbons (Fsp3) is 0.333. The summed E-state index contributed by atoms with van der Waals surface area (Å²) in [5, 5.41) is 2.09. The minimum absolute atomic E-state index is 0.797. The second-order valence-corrected chi connectivity index (χ2v) is 4.54. The highest BCUT2D eigenvalue weighted by atomic mass is 35.5. The number of aryl methyl sites for hydroxylation is 1. The Hall–Kier alpha value is -0.950. The van der Waals surface area contributed by atoms with Crippen LogP contribution in [0.3, 0.4) is 0 Å². The van der Waals surface area contributed by atoms with Gasteiger partial charge in [-0.05, 0) is 43.0 Å². The highest BCUT2D eigenvalue weighted by molar-refractivity contribution is 6.31. The summed E-state index contributed by atoms with van der Waals surface area (Å²) in [5.74, 6) is 0.797. The smallest absolute Gasteiger partial charge is 0.0481 e. The van der Waals surface area contributed by atoms with E-state index in [2.05, 4.69) is 23.7 Å². The van der Waals surface area contributed by atoms with Crippen LogP contribution in [0.2, 0.25) is 5.02 Å². The van der Waals surface area contributed by atoms with Gasteiger partial charge in [-0.1, -0.05) is 11.6 Å². The van der Waals surface area contributed by atoms with Crippen molar-refractivity contribution in [2.45, 2.75) is 18.8 Å². The van der Waals surface area contributed by atoms with E-state index in [0.717, 1.165) is 10.9 Å². The molecule has 1 aromatic heterocycles. The van der Waals surface area contributed by atoms with E-state index in [1.165, 1.54) is 29.4 Å². The zero-order valence-electron chi connectivity index (χ0n) is 8.13. The molecule has 1 nitrogen and oxygen atoms in total. The number of hydrogen-bond donors (Lipinski definition) is 0. The van der Waals surface area contributed by atoms with Crippen LogP contribution in [0.15, 0.2) is 24.3 Å². The summed E-state index contributed by atoms with van der Waals surface area (Å²) < 4.78 is 2.29. The van der Waals surface area contributed by atoms with Gasteiger partial charge >= 0.3 is 0 Å². The lowest BCUT2D eigenvalue weighted by Gasteiger charge is -2.01. The van der Waals surface area contributed by atoms with Gasteiger partial charge in [-0.15, -0.1) is 0 Å². The molecular formula is C12H12ClN. The predicted octanol–water partition coefficient (Wildman–Crippen LogP) is 3.71. The third kappa shape index (κ3) is 1.16. The summed E-state index contributed by atoms with van der Waals surface area (Å²) in [7, 11) is 2.14. The van der Waals surface area contributed by atoms with Crippen LogP contribution in [0.5, 0.6) is 0 Å². The SMILES string of the molecule is Cn1c(C2CC2)cc2cc(Cl)ccc21. The first kappa shape index (κ1) is 8.37. The molecule has 2 aromatic rings. The Labute approximate surface area is 88.3 Å². The predicted molar refractivity (Wildman–Crippen MR) is 59.9 cm³/mol. The van der Waals surface area contributed by atoms with Crippen molar-refractivity contribution in [2.75, 3.05) is 0 Å². The molecule has 1 saturated carbocycles. The standard InChI is InChI=1S/C12H12ClN/c1-14-11-5-4-10(13)6-9(11)7-12(14)8-2-3-8/h4-8H,2-3H2,1H3. The Morgan fingerprint density at radius 3 is 2.79 bits per heavy atom. The minimum Gasteiger partial charge on any atom is -0.347 e. The highest BCUT2D eigenvalue weighted by Crippen LogP contribution is 2.42. The third-order valence-corrected chi connectivity index (χ3v) is 3.27. The molecule has 1 aliphatic rings. The summed E-state index contributed by atoms with van der Waals surface area (Å²) >= 11 is 5.97. The number of fused-ring (bicyclic) bond motifs is 1. The number of rotatable bonds is 1. The molecule has 1 heterocycles. The first-order chi connectivity index (χ1) is 6.75. The summed E-state index contributed by atoms with van der Waals surface area (Å²) in [6.07, 6.45) is 2.69. The lowest BCUT2D eigenvalue weighted by atomic mass is 10.2. The van der Waals surface area contributed by atoms with E-state index in [0.29, 0.717) is 0 Å². The molecule has 3 rings (SSSR count). The van der Waals surface area contributed by atoms with E-state index in [4.69, 9.17) is 11.6 Å². The van der Waals surface area contributed by atoms with Crippen molar-refractivity contribution in [1.29, 1.82) is 0 Å². The normalized spacial score (nSPS) is 16.4. The van der Waals surface area contributed by atoms with E-state index in [-0.39, 0.29) is 0 Å². The summed E-state index contributed by atoms with van der Waals surface area (Å²) in [5.41, 5.74) is 2.75. The molecule has 0 spiro atoms. The quantitative estimate of drug-likeness (QED) is 0.669.